The number of methoxy groups -OCH3 is 1. The summed E-state index contributed by atoms with van der Waals surface area (Å²) in [4.78, 5) is 32.0. The lowest BCUT2D eigenvalue weighted by atomic mass is 9.96. The van der Waals surface area contributed by atoms with E-state index in [0.29, 0.717) is 31.6 Å². The van der Waals surface area contributed by atoms with Gasteiger partial charge in [-0.2, -0.15) is 0 Å². The molecule has 2 aliphatic rings. The van der Waals surface area contributed by atoms with Crippen molar-refractivity contribution in [2.45, 2.75) is 19.0 Å². The number of nitrogens with zero attached hydrogens (tertiary/aromatic N) is 2. The number of carboxylic acid groups (broad SMARTS) is 1. The summed E-state index contributed by atoms with van der Waals surface area (Å²) in [6.45, 7) is 1.30. The normalized spacial score (nSPS) is 16.0. The molecule has 186 valence electrons. The van der Waals surface area contributed by atoms with Gasteiger partial charge in [0.15, 0.2) is 0 Å². The van der Waals surface area contributed by atoms with Crippen molar-refractivity contribution in [2.75, 3.05) is 20.2 Å². The Morgan fingerprint density at radius 1 is 1.05 bits per heavy atom. The molecule has 1 atom stereocenters. The van der Waals surface area contributed by atoms with Crippen LogP contribution >= 0.6 is 0 Å². The lowest BCUT2D eigenvalue weighted by Gasteiger charge is -2.29. The molecule has 0 fully saturated rings. The number of carbonyl (C=O) groups excluding carboxylic acids is 1. The Labute approximate surface area is 214 Å². The molecule has 2 aliphatic heterocycles. The summed E-state index contributed by atoms with van der Waals surface area (Å²) in [5, 5.41) is 10.3. The quantitative estimate of drug-likeness (QED) is 0.374. The number of carbonyl (C=O) groups is 2. The number of aromatic nitrogens is 1. The van der Waals surface area contributed by atoms with E-state index in [-0.39, 0.29) is 11.9 Å². The second kappa shape index (κ2) is 9.17. The van der Waals surface area contributed by atoms with Crippen LogP contribution in [0.3, 0.4) is 0 Å². The van der Waals surface area contributed by atoms with E-state index in [1.54, 1.807) is 7.11 Å². The van der Waals surface area contributed by atoms with Gasteiger partial charge in [0, 0.05) is 42.0 Å². The van der Waals surface area contributed by atoms with E-state index < -0.39 is 6.09 Å². The minimum Gasteiger partial charge on any atom is -0.496 e. The molecule has 1 unspecified atom stereocenters. The van der Waals surface area contributed by atoms with E-state index in [1.165, 1.54) is 4.90 Å². The van der Waals surface area contributed by atoms with Gasteiger partial charge in [-0.1, -0.05) is 54.6 Å². The van der Waals surface area contributed by atoms with Crippen LogP contribution < -0.4 is 4.74 Å². The van der Waals surface area contributed by atoms with Crippen molar-refractivity contribution in [2.24, 2.45) is 0 Å². The van der Waals surface area contributed by atoms with Crippen LogP contribution in [0.15, 0.2) is 78.9 Å². The number of ether oxygens (including phenoxy) is 1. The molecule has 0 radical (unpaired) electrons. The standard InChI is InChI=1S/C30H27N3O4/c1-37-27-9-5-3-7-23(27)28(26-17-21-6-2-4-8-25(21)31-26)33-18-22-11-10-20(16-24(22)29(33)34)19-12-14-32(15-13-19)30(35)36/h2-12,16-17,28,31H,13-15,18H2,1H3,(H,35,36). The van der Waals surface area contributed by atoms with Crippen molar-refractivity contribution in [1.82, 2.24) is 14.8 Å². The van der Waals surface area contributed by atoms with Crippen LogP contribution in [0.2, 0.25) is 0 Å². The number of amides is 2. The molecule has 0 bridgehead atoms. The summed E-state index contributed by atoms with van der Waals surface area (Å²) in [5.74, 6) is 0.695. The van der Waals surface area contributed by atoms with Crippen molar-refractivity contribution in [1.29, 1.82) is 0 Å². The van der Waals surface area contributed by atoms with E-state index in [0.717, 1.165) is 44.6 Å². The third-order valence-electron chi connectivity index (χ3n) is 7.38. The summed E-state index contributed by atoms with van der Waals surface area (Å²) < 4.78 is 5.71. The van der Waals surface area contributed by atoms with E-state index in [9.17, 15) is 14.7 Å². The first-order chi connectivity index (χ1) is 18.0. The minimum atomic E-state index is -0.908. The lowest BCUT2D eigenvalue weighted by Crippen LogP contribution is -2.33. The number of aromatic amines is 1. The molecule has 37 heavy (non-hydrogen) atoms. The van der Waals surface area contributed by atoms with Crippen LogP contribution in [-0.4, -0.2) is 52.1 Å². The fourth-order valence-electron chi connectivity index (χ4n) is 5.48. The van der Waals surface area contributed by atoms with Crippen LogP contribution in [0, 0.1) is 0 Å². The Balaban J connectivity index is 1.39. The fourth-order valence-corrected chi connectivity index (χ4v) is 5.48. The van der Waals surface area contributed by atoms with Gasteiger partial charge < -0.3 is 24.6 Å². The molecule has 0 saturated heterocycles. The molecule has 2 amide bonds. The van der Waals surface area contributed by atoms with E-state index in [4.69, 9.17) is 4.74 Å². The molecule has 0 saturated carbocycles. The Bertz CT molecular complexity index is 1520. The molecule has 3 heterocycles. The van der Waals surface area contributed by atoms with Crippen molar-refractivity contribution in [3.05, 3.63) is 107 Å². The molecule has 7 nitrogen and oxygen atoms in total. The summed E-state index contributed by atoms with van der Waals surface area (Å²) in [5.41, 5.74) is 6.58. The summed E-state index contributed by atoms with van der Waals surface area (Å²) in [6.07, 6.45) is 1.66. The monoisotopic (exact) mass is 493 g/mol. The first-order valence-electron chi connectivity index (χ1n) is 12.3. The summed E-state index contributed by atoms with van der Waals surface area (Å²) in [7, 11) is 1.65. The van der Waals surface area contributed by atoms with E-state index in [1.807, 2.05) is 71.6 Å². The number of fused-ring (bicyclic) bond motifs is 2. The minimum absolute atomic E-state index is 0.0324. The molecule has 1 aromatic heterocycles. The predicted molar refractivity (Wildman–Crippen MR) is 142 cm³/mol. The number of nitrogens with one attached hydrogen (secondary N) is 1. The van der Waals surface area contributed by atoms with Crippen LogP contribution in [0.1, 0.15) is 45.2 Å². The average Bonchev–Trinajstić information content (AvgIpc) is 3.50. The van der Waals surface area contributed by atoms with Gasteiger partial charge in [-0.3, -0.25) is 4.79 Å². The number of para-hydroxylation sites is 2. The van der Waals surface area contributed by atoms with Gasteiger partial charge >= 0.3 is 6.09 Å². The van der Waals surface area contributed by atoms with E-state index >= 15 is 0 Å². The third-order valence-corrected chi connectivity index (χ3v) is 7.38. The first kappa shape index (κ1) is 22.9. The zero-order valence-electron chi connectivity index (χ0n) is 20.5. The number of hydrogen-bond acceptors (Lipinski definition) is 3. The van der Waals surface area contributed by atoms with Crippen molar-refractivity contribution in [3.8, 4) is 5.75 Å². The van der Waals surface area contributed by atoms with Crippen LogP contribution in [-0.2, 0) is 6.54 Å². The second-order valence-electron chi connectivity index (χ2n) is 9.47. The maximum Gasteiger partial charge on any atom is 0.407 e. The zero-order valence-corrected chi connectivity index (χ0v) is 20.5. The lowest BCUT2D eigenvalue weighted by molar-refractivity contribution is 0.0726. The second-order valence-corrected chi connectivity index (χ2v) is 9.47. The molecule has 0 spiro atoms. The highest BCUT2D eigenvalue weighted by Gasteiger charge is 2.37. The smallest absolute Gasteiger partial charge is 0.407 e. The Hall–Kier alpha value is -4.52. The highest BCUT2D eigenvalue weighted by Crippen LogP contribution is 2.40. The van der Waals surface area contributed by atoms with Crippen LogP contribution in [0.4, 0.5) is 4.79 Å². The first-order valence-corrected chi connectivity index (χ1v) is 12.3. The molecular weight excluding hydrogens is 466 g/mol. The van der Waals surface area contributed by atoms with Gasteiger partial charge in [-0.15, -0.1) is 0 Å². The number of rotatable bonds is 5. The summed E-state index contributed by atoms with van der Waals surface area (Å²) >= 11 is 0. The Kier molecular flexibility index (Phi) is 5.68. The highest BCUT2D eigenvalue weighted by atomic mass is 16.5. The predicted octanol–water partition coefficient (Wildman–Crippen LogP) is 5.69. The van der Waals surface area contributed by atoms with E-state index in [2.05, 4.69) is 17.1 Å². The molecule has 7 heteroatoms. The maximum absolute atomic E-state index is 13.9. The molecule has 6 rings (SSSR count). The topological polar surface area (TPSA) is 85.9 Å². The SMILES string of the molecule is COc1ccccc1C(c1cc2ccccc2[nH]1)N1Cc2ccc(C3=CCN(C(=O)O)CC3)cc2C1=O. The van der Waals surface area contributed by atoms with Gasteiger partial charge in [0.1, 0.15) is 11.8 Å². The largest absolute Gasteiger partial charge is 0.496 e. The average molecular weight is 494 g/mol. The Morgan fingerprint density at radius 2 is 1.86 bits per heavy atom. The van der Waals surface area contributed by atoms with Crippen molar-refractivity contribution < 1.29 is 19.4 Å². The van der Waals surface area contributed by atoms with Crippen LogP contribution in [0.25, 0.3) is 16.5 Å². The maximum atomic E-state index is 13.9. The molecule has 0 aliphatic carbocycles. The van der Waals surface area contributed by atoms with Crippen molar-refractivity contribution in [3.63, 3.8) is 0 Å². The number of benzene rings is 3. The summed E-state index contributed by atoms with van der Waals surface area (Å²) in [6, 6.07) is 23.7. The van der Waals surface area contributed by atoms with Gasteiger partial charge in [-0.05, 0) is 52.8 Å². The fraction of sp³-hybridized carbons (Fsp3) is 0.200. The Morgan fingerprint density at radius 3 is 2.62 bits per heavy atom. The third kappa shape index (κ3) is 4.02. The van der Waals surface area contributed by atoms with Crippen LogP contribution in [0.5, 0.6) is 5.75 Å². The number of hydrogen-bond donors (Lipinski definition) is 2. The zero-order chi connectivity index (χ0) is 25.5. The number of H-pyrrole nitrogens is 1. The molecular formula is C30H27N3O4. The van der Waals surface area contributed by atoms with Gasteiger partial charge in [-0.25, -0.2) is 4.79 Å². The van der Waals surface area contributed by atoms with Gasteiger partial charge in [0.2, 0.25) is 0 Å². The molecule has 3 aromatic carbocycles. The van der Waals surface area contributed by atoms with Crippen molar-refractivity contribution >= 4 is 28.5 Å². The molecule has 4 aromatic rings. The van der Waals surface area contributed by atoms with Gasteiger partial charge in [0.25, 0.3) is 5.91 Å². The van der Waals surface area contributed by atoms with Gasteiger partial charge in [0.05, 0.1) is 7.11 Å². The highest BCUT2D eigenvalue weighted by molar-refractivity contribution is 6.00. The molecule has 2 N–H and O–H groups in total.